The third kappa shape index (κ3) is 5.75. The minimum Gasteiger partial charge on any atom is -0.350 e. The molecule has 2 aliphatic heterocycles. The van der Waals surface area contributed by atoms with Crippen molar-refractivity contribution < 1.29 is 14.4 Å². The number of amides is 4. The maximum absolute atomic E-state index is 13.6. The number of carbonyl (C=O) groups is 3. The molecule has 2 aliphatic rings. The Morgan fingerprint density at radius 1 is 1.00 bits per heavy atom. The fourth-order valence-electron chi connectivity index (χ4n) is 4.79. The SMILES string of the molecule is CC(C)NC(=O)N[C@H]1C[C@H]2CN(Cc3ccccc3)[C@@H](CNC(=O)c3ccccc3)C(=O)N2C1. The zero-order valence-electron chi connectivity index (χ0n) is 19.7. The first kappa shape index (κ1) is 23.8. The van der Waals surface area contributed by atoms with E-state index < -0.39 is 6.04 Å². The number of hydrogen-bond donors (Lipinski definition) is 3. The van der Waals surface area contributed by atoms with Crippen LogP contribution in [0.1, 0.15) is 36.2 Å². The molecule has 0 saturated carbocycles. The molecule has 0 radical (unpaired) electrons. The Balaban J connectivity index is 1.46. The molecule has 8 nitrogen and oxygen atoms in total. The molecule has 2 fully saturated rings. The number of urea groups is 1. The summed E-state index contributed by atoms with van der Waals surface area (Å²) in [6.45, 7) is 5.85. The van der Waals surface area contributed by atoms with Gasteiger partial charge in [0.25, 0.3) is 5.91 Å². The van der Waals surface area contributed by atoms with Gasteiger partial charge in [-0.1, -0.05) is 48.5 Å². The lowest BCUT2D eigenvalue weighted by molar-refractivity contribution is -0.143. The summed E-state index contributed by atoms with van der Waals surface area (Å²) in [6.07, 6.45) is 0.714. The van der Waals surface area contributed by atoms with Crippen molar-refractivity contribution in [1.82, 2.24) is 25.8 Å². The van der Waals surface area contributed by atoms with Gasteiger partial charge < -0.3 is 20.9 Å². The van der Waals surface area contributed by atoms with Crippen molar-refractivity contribution in [2.45, 2.75) is 51.0 Å². The first-order valence-corrected chi connectivity index (χ1v) is 11.9. The van der Waals surface area contributed by atoms with E-state index in [9.17, 15) is 14.4 Å². The van der Waals surface area contributed by atoms with Crippen LogP contribution < -0.4 is 16.0 Å². The average Bonchev–Trinajstić information content (AvgIpc) is 3.21. The van der Waals surface area contributed by atoms with Crippen molar-refractivity contribution in [2.75, 3.05) is 19.6 Å². The summed E-state index contributed by atoms with van der Waals surface area (Å²) in [5, 5.41) is 8.81. The van der Waals surface area contributed by atoms with E-state index in [1.165, 1.54) is 0 Å². The van der Waals surface area contributed by atoms with Crippen molar-refractivity contribution in [3.8, 4) is 0 Å². The lowest BCUT2D eigenvalue weighted by atomic mass is 10.0. The van der Waals surface area contributed by atoms with E-state index in [2.05, 4.69) is 20.9 Å². The molecule has 0 spiro atoms. The Kier molecular flexibility index (Phi) is 7.47. The molecule has 0 bridgehead atoms. The summed E-state index contributed by atoms with van der Waals surface area (Å²) in [7, 11) is 0. The molecule has 2 aromatic carbocycles. The van der Waals surface area contributed by atoms with Crippen LogP contribution in [0.25, 0.3) is 0 Å². The van der Waals surface area contributed by atoms with E-state index >= 15 is 0 Å². The Hall–Kier alpha value is -3.39. The lowest BCUT2D eigenvalue weighted by Crippen LogP contribution is -2.62. The van der Waals surface area contributed by atoms with Gasteiger partial charge in [-0.2, -0.15) is 0 Å². The number of nitrogens with one attached hydrogen (secondary N) is 3. The molecule has 0 aromatic heterocycles. The molecule has 4 amide bonds. The normalized spacial score (nSPS) is 22.4. The minimum atomic E-state index is -0.465. The van der Waals surface area contributed by atoms with Crippen molar-refractivity contribution >= 4 is 17.8 Å². The highest BCUT2D eigenvalue weighted by atomic mass is 16.2. The molecule has 2 saturated heterocycles. The van der Waals surface area contributed by atoms with Gasteiger partial charge in [0, 0.05) is 43.8 Å². The second-order valence-corrected chi connectivity index (χ2v) is 9.36. The summed E-state index contributed by atoms with van der Waals surface area (Å²) in [4.78, 5) is 42.4. The van der Waals surface area contributed by atoms with Crippen LogP contribution in [0.5, 0.6) is 0 Å². The zero-order valence-corrected chi connectivity index (χ0v) is 19.7. The molecule has 3 N–H and O–H groups in total. The van der Waals surface area contributed by atoms with E-state index in [1.54, 1.807) is 12.1 Å². The third-order valence-corrected chi connectivity index (χ3v) is 6.34. The zero-order chi connectivity index (χ0) is 24.1. The molecule has 4 rings (SSSR count). The van der Waals surface area contributed by atoms with Gasteiger partial charge in [0.1, 0.15) is 6.04 Å². The van der Waals surface area contributed by atoms with E-state index in [-0.39, 0.29) is 42.5 Å². The second kappa shape index (κ2) is 10.7. The summed E-state index contributed by atoms with van der Waals surface area (Å²) in [6, 6.07) is 18.4. The van der Waals surface area contributed by atoms with Crippen LogP contribution in [0.2, 0.25) is 0 Å². The van der Waals surface area contributed by atoms with Gasteiger partial charge in [-0.3, -0.25) is 14.5 Å². The second-order valence-electron chi connectivity index (χ2n) is 9.36. The quantitative estimate of drug-likeness (QED) is 0.585. The Morgan fingerprint density at radius 3 is 2.35 bits per heavy atom. The van der Waals surface area contributed by atoms with Gasteiger partial charge in [0.15, 0.2) is 0 Å². The summed E-state index contributed by atoms with van der Waals surface area (Å²) in [5.74, 6) is -0.199. The topological polar surface area (TPSA) is 93.8 Å². The first-order valence-electron chi connectivity index (χ1n) is 11.9. The Bertz CT molecular complexity index is 998. The summed E-state index contributed by atoms with van der Waals surface area (Å²) in [5.41, 5.74) is 1.69. The molecule has 2 aromatic rings. The monoisotopic (exact) mass is 463 g/mol. The van der Waals surface area contributed by atoms with E-state index in [4.69, 9.17) is 0 Å². The number of rotatable bonds is 7. The maximum atomic E-state index is 13.6. The Labute approximate surface area is 200 Å². The molecule has 2 heterocycles. The van der Waals surface area contributed by atoms with Crippen molar-refractivity contribution in [1.29, 1.82) is 0 Å². The van der Waals surface area contributed by atoms with Crippen LogP contribution in [0.3, 0.4) is 0 Å². The van der Waals surface area contributed by atoms with Crippen molar-refractivity contribution in [2.24, 2.45) is 0 Å². The van der Waals surface area contributed by atoms with Crippen LogP contribution >= 0.6 is 0 Å². The highest BCUT2D eigenvalue weighted by Crippen LogP contribution is 2.27. The fourth-order valence-corrected chi connectivity index (χ4v) is 4.79. The highest BCUT2D eigenvalue weighted by molar-refractivity contribution is 5.94. The number of fused-ring (bicyclic) bond motifs is 1. The molecular formula is C26H33N5O3. The summed E-state index contributed by atoms with van der Waals surface area (Å²) >= 11 is 0. The van der Waals surface area contributed by atoms with Crippen LogP contribution in [0.4, 0.5) is 4.79 Å². The number of nitrogens with zero attached hydrogens (tertiary/aromatic N) is 2. The van der Waals surface area contributed by atoms with E-state index in [0.29, 0.717) is 31.6 Å². The predicted octanol–water partition coefficient (Wildman–Crippen LogP) is 1.98. The first-order chi connectivity index (χ1) is 16.4. The van der Waals surface area contributed by atoms with Crippen molar-refractivity contribution in [3.05, 3.63) is 71.8 Å². The average molecular weight is 464 g/mol. The maximum Gasteiger partial charge on any atom is 0.315 e. The summed E-state index contributed by atoms with van der Waals surface area (Å²) < 4.78 is 0. The smallest absolute Gasteiger partial charge is 0.315 e. The Morgan fingerprint density at radius 2 is 1.68 bits per heavy atom. The van der Waals surface area contributed by atoms with Crippen LogP contribution in [0, 0.1) is 0 Å². The number of piperazine rings is 1. The molecule has 0 aliphatic carbocycles. The van der Waals surface area contributed by atoms with Gasteiger partial charge in [0.2, 0.25) is 5.91 Å². The third-order valence-electron chi connectivity index (χ3n) is 6.34. The molecule has 3 atom stereocenters. The predicted molar refractivity (Wildman–Crippen MR) is 130 cm³/mol. The van der Waals surface area contributed by atoms with Gasteiger partial charge in [0.05, 0.1) is 6.04 Å². The molecule has 34 heavy (non-hydrogen) atoms. The molecule has 8 heteroatoms. The lowest BCUT2D eigenvalue weighted by Gasteiger charge is -2.42. The standard InChI is InChI=1S/C26H33N5O3/c1-18(2)28-26(34)29-21-13-22-17-30(15-19-9-5-3-6-10-19)23(25(33)31(22)16-21)14-27-24(32)20-11-7-4-8-12-20/h3-12,18,21-23H,13-17H2,1-2H3,(H,27,32)(H2,28,29,34)/t21-,22-,23-/m0/s1. The largest absolute Gasteiger partial charge is 0.350 e. The van der Waals surface area contributed by atoms with Crippen LogP contribution in [-0.4, -0.2) is 71.4 Å². The number of benzene rings is 2. The fraction of sp³-hybridized carbons (Fsp3) is 0.423. The minimum absolute atomic E-state index is 0.00545. The van der Waals surface area contributed by atoms with Gasteiger partial charge in [-0.25, -0.2) is 4.79 Å². The van der Waals surface area contributed by atoms with Gasteiger partial charge in [-0.15, -0.1) is 0 Å². The molecule has 180 valence electrons. The van der Waals surface area contributed by atoms with Crippen molar-refractivity contribution in [3.63, 3.8) is 0 Å². The van der Waals surface area contributed by atoms with Crippen LogP contribution in [0.15, 0.2) is 60.7 Å². The molecular weight excluding hydrogens is 430 g/mol. The number of hydrogen-bond acceptors (Lipinski definition) is 4. The van der Waals surface area contributed by atoms with E-state index in [0.717, 1.165) is 5.56 Å². The highest BCUT2D eigenvalue weighted by Gasteiger charge is 2.45. The van der Waals surface area contributed by atoms with E-state index in [1.807, 2.05) is 67.3 Å². The molecule has 0 unspecified atom stereocenters. The van der Waals surface area contributed by atoms with Gasteiger partial charge in [-0.05, 0) is 38.0 Å². The number of carbonyl (C=O) groups excluding carboxylic acids is 3. The van der Waals surface area contributed by atoms with Crippen LogP contribution in [-0.2, 0) is 11.3 Å². The van der Waals surface area contributed by atoms with Gasteiger partial charge >= 0.3 is 6.03 Å².